The van der Waals surface area contributed by atoms with Gasteiger partial charge in [-0.3, -0.25) is 0 Å². The highest BCUT2D eigenvalue weighted by atomic mass is 16.6. The summed E-state index contributed by atoms with van der Waals surface area (Å²) >= 11 is 0. The van der Waals surface area contributed by atoms with Crippen LogP contribution in [0.15, 0.2) is 12.2 Å². The number of carbonyl (C=O) groups excluding carboxylic acids is 2. The highest BCUT2D eigenvalue weighted by molar-refractivity contribution is 5.77. The van der Waals surface area contributed by atoms with Gasteiger partial charge < -0.3 is 9.47 Å². The Hall–Kier alpha value is -1.72. The van der Waals surface area contributed by atoms with Crippen molar-refractivity contribution in [3.63, 3.8) is 0 Å². The lowest BCUT2D eigenvalue weighted by Crippen LogP contribution is -2.59. The molecule has 22 heavy (non-hydrogen) atoms. The second-order valence-corrected chi connectivity index (χ2v) is 6.92. The monoisotopic (exact) mass is 304 g/mol. The van der Waals surface area contributed by atoms with Crippen LogP contribution in [0.25, 0.3) is 0 Å². The molecule has 6 aliphatic rings. The SMILES string of the molecule is CCOC(=O)N1[C@@H]2C3C4[C@H]5C=C[C@H]4[C@@H]2[C@H]5[C@H]3N1C(=O)OCC. The number of allylic oxidation sites excluding steroid dienone is 2. The zero-order valence-corrected chi connectivity index (χ0v) is 12.7. The summed E-state index contributed by atoms with van der Waals surface area (Å²) in [6, 6.07) is 0.240. The normalized spacial score (nSPS) is 47.9. The van der Waals surface area contributed by atoms with E-state index in [1.165, 1.54) is 0 Å². The van der Waals surface area contributed by atoms with Crippen molar-refractivity contribution in [2.45, 2.75) is 25.9 Å². The van der Waals surface area contributed by atoms with E-state index >= 15 is 0 Å². The second-order valence-electron chi connectivity index (χ2n) is 6.92. The summed E-state index contributed by atoms with van der Waals surface area (Å²) in [6.45, 7) is 4.21. The second kappa shape index (κ2) is 3.97. The van der Waals surface area contributed by atoms with Gasteiger partial charge in [0.15, 0.2) is 0 Å². The summed E-state index contributed by atoms with van der Waals surface area (Å²) in [4.78, 5) is 24.9. The minimum atomic E-state index is -0.404. The molecule has 0 aromatic heterocycles. The van der Waals surface area contributed by atoms with Gasteiger partial charge in [0.05, 0.1) is 25.3 Å². The Balaban J connectivity index is 1.53. The Morgan fingerprint density at radius 3 is 1.68 bits per heavy atom. The molecule has 1 saturated heterocycles. The van der Waals surface area contributed by atoms with Gasteiger partial charge in [-0.05, 0) is 43.4 Å². The van der Waals surface area contributed by atoms with Crippen LogP contribution < -0.4 is 0 Å². The van der Waals surface area contributed by atoms with Crippen molar-refractivity contribution in [1.29, 1.82) is 0 Å². The summed E-state index contributed by atoms with van der Waals surface area (Å²) in [5, 5.41) is 3.17. The van der Waals surface area contributed by atoms with Crippen LogP contribution in [0.5, 0.6) is 0 Å². The molecule has 1 aliphatic heterocycles. The molecular weight excluding hydrogens is 284 g/mol. The molecular formula is C16H20N2O4. The molecule has 0 aromatic carbocycles. The number of hydrogen-bond donors (Lipinski definition) is 0. The minimum absolute atomic E-state index is 0.120. The van der Waals surface area contributed by atoms with Crippen LogP contribution in [0.3, 0.4) is 0 Å². The van der Waals surface area contributed by atoms with Gasteiger partial charge in [0.1, 0.15) is 0 Å². The molecule has 2 amide bonds. The fourth-order valence-corrected chi connectivity index (χ4v) is 6.39. The van der Waals surface area contributed by atoms with Gasteiger partial charge >= 0.3 is 12.2 Å². The molecule has 0 spiro atoms. The van der Waals surface area contributed by atoms with Crippen LogP contribution in [0.1, 0.15) is 13.8 Å². The lowest BCUT2D eigenvalue weighted by atomic mass is 9.81. The zero-order chi connectivity index (χ0) is 15.2. The van der Waals surface area contributed by atoms with E-state index in [4.69, 9.17) is 9.47 Å². The third-order valence-electron chi connectivity index (χ3n) is 6.51. The maximum absolute atomic E-state index is 12.4. The first kappa shape index (κ1) is 12.8. The van der Waals surface area contributed by atoms with Crippen molar-refractivity contribution in [2.24, 2.45) is 35.5 Å². The number of hydrazine groups is 1. The van der Waals surface area contributed by atoms with E-state index in [2.05, 4.69) is 12.2 Å². The number of carbonyl (C=O) groups is 2. The highest BCUT2D eigenvalue weighted by Crippen LogP contribution is 2.76. The van der Waals surface area contributed by atoms with E-state index in [0.29, 0.717) is 48.7 Å². The Morgan fingerprint density at radius 2 is 1.27 bits per heavy atom. The van der Waals surface area contributed by atoms with E-state index < -0.39 is 12.2 Å². The molecule has 4 saturated carbocycles. The molecule has 0 N–H and O–H groups in total. The standard InChI is InChI=1S/C16H20N2O4/c1-3-21-15(19)17-13-10-7-5-6-8-9(7)12(13)14(11(8)10)18(17)16(20)22-4-2/h5-14H,3-4H2,1-2H3/t7-,8-,9?,10-,11+,12?,13+,14-/m1/s1. The van der Waals surface area contributed by atoms with E-state index in [0.717, 1.165) is 0 Å². The Kier molecular flexibility index (Phi) is 2.31. The smallest absolute Gasteiger partial charge is 0.429 e. The summed E-state index contributed by atoms with van der Waals surface area (Å²) in [5.74, 6) is 3.22. The van der Waals surface area contributed by atoms with E-state index in [1.807, 2.05) is 0 Å². The third kappa shape index (κ3) is 1.14. The molecule has 2 unspecified atom stereocenters. The molecule has 6 heteroatoms. The van der Waals surface area contributed by atoms with Crippen LogP contribution in [0, 0.1) is 35.5 Å². The fourth-order valence-electron chi connectivity index (χ4n) is 6.39. The summed E-state index contributed by atoms with van der Waals surface area (Å²) < 4.78 is 10.4. The molecule has 8 atom stereocenters. The first-order valence-corrected chi connectivity index (χ1v) is 8.31. The fraction of sp³-hybridized carbons (Fsp3) is 0.750. The van der Waals surface area contributed by atoms with Crippen LogP contribution in [-0.4, -0.2) is 47.5 Å². The lowest BCUT2D eigenvalue weighted by molar-refractivity contribution is -0.0744. The average Bonchev–Trinajstić information content (AvgIpc) is 3.27. The molecule has 0 radical (unpaired) electrons. The summed E-state index contributed by atoms with van der Waals surface area (Å²) in [5.41, 5.74) is 0. The maximum Gasteiger partial charge on any atom is 0.429 e. The van der Waals surface area contributed by atoms with Gasteiger partial charge in [-0.25, -0.2) is 19.6 Å². The van der Waals surface area contributed by atoms with Crippen LogP contribution in [0.4, 0.5) is 9.59 Å². The number of amides is 2. The van der Waals surface area contributed by atoms with E-state index in [9.17, 15) is 9.59 Å². The Labute approximate surface area is 129 Å². The predicted molar refractivity (Wildman–Crippen MR) is 75.4 cm³/mol. The molecule has 6 nitrogen and oxygen atoms in total. The van der Waals surface area contributed by atoms with Gasteiger partial charge in [-0.2, -0.15) is 0 Å². The molecule has 5 aliphatic carbocycles. The highest BCUT2D eigenvalue weighted by Gasteiger charge is 2.82. The molecule has 8 bridgehead atoms. The van der Waals surface area contributed by atoms with Crippen molar-refractivity contribution in [3.8, 4) is 0 Å². The van der Waals surface area contributed by atoms with Crippen LogP contribution >= 0.6 is 0 Å². The van der Waals surface area contributed by atoms with Gasteiger partial charge in [0.2, 0.25) is 0 Å². The quantitative estimate of drug-likeness (QED) is 0.731. The summed E-state index contributed by atoms with van der Waals surface area (Å²) in [7, 11) is 0. The van der Waals surface area contributed by atoms with Crippen molar-refractivity contribution >= 4 is 12.2 Å². The topological polar surface area (TPSA) is 59.1 Å². The number of nitrogens with zero attached hydrogens (tertiary/aromatic N) is 2. The first-order valence-electron chi connectivity index (χ1n) is 8.31. The number of rotatable bonds is 2. The maximum atomic E-state index is 12.4. The molecule has 1 heterocycles. The molecule has 0 aromatic rings. The van der Waals surface area contributed by atoms with Gasteiger partial charge in [0, 0.05) is 5.92 Å². The number of hydrogen-bond acceptors (Lipinski definition) is 4. The lowest BCUT2D eigenvalue weighted by Gasteiger charge is -2.44. The van der Waals surface area contributed by atoms with Crippen molar-refractivity contribution in [1.82, 2.24) is 10.0 Å². The molecule has 6 rings (SSSR count). The Bertz CT molecular complexity index is 543. The number of ether oxygens (including phenoxy) is 2. The van der Waals surface area contributed by atoms with Crippen LogP contribution in [0.2, 0.25) is 0 Å². The zero-order valence-electron chi connectivity index (χ0n) is 12.7. The van der Waals surface area contributed by atoms with Gasteiger partial charge in [-0.1, -0.05) is 12.2 Å². The minimum Gasteiger partial charge on any atom is -0.448 e. The van der Waals surface area contributed by atoms with E-state index in [-0.39, 0.29) is 12.1 Å². The van der Waals surface area contributed by atoms with Crippen molar-refractivity contribution in [2.75, 3.05) is 13.2 Å². The molecule has 5 fully saturated rings. The third-order valence-corrected chi connectivity index (χ3v) is 6.51. The predicted octanol–water partition coefficient (Wildman–Crippen LogP) is 1.88. The summed E-state index contributed by atoms with van der Waals surface area (Å²) in [6.07, 6.45) is 3.87. The van der Waals surface area contributed by atoms with Gasteiger partial charge in [0.25, 0.3) is 0 Å². The van der Waals surface area contributed by atoms with Crippen LogP contribution in [-0.2, 0) is 9.47 Å². The largest absolute Gasteiger partial charge is 0.448 e. The van der Waals surface area contributed by atoms with E-state index in [1.54, 1.807) is 23.9 Å². The van der Waals surface area contributed by atoms with Crippen molar-refractivity contribution < 1.29 is 19.1 Å². The molecule has 118 valence electrons. The average molecular weight is 304 g/mol. The van der Waals surface area contributed by atoms with Crippen molar-refractivity contribution in [3.05, 3.63) is 12.2 Å². The Morgan fingerprint density at radius 1 is 0.818 bits per heavy atom. The van der Waals surface area contributed by atoms with Gasteiger partial charge in [-0.15, -0.1) is 0 Å². The first-order chi connectivity index (χ1) is 10.7.